The van der Waals surface area contributed by atoms with Crippen LogP contribution in [-0.2, 0) is 11.0 Å². The van der Waals surface area contributed by atoms with E-state index >= 15 is 0 Å². The van der Waals surface area contributed by atoms with Gasteiger partial charge in [-0.1, -0.05) is 26.0 Å². The number of hydrogen-bond acceptors (Lipinski definition) is 4. The van der Waals surface area contributed by atoms with Crippen molar-refractivity contribution < 1.29 is 18.0 Å². The van der Waals surface area contributed by atoms with E-state index in [-0.39, 0.29) is 11.8 Å². The number of benzene rings is 1. The average Bonchev–Trinajstić information content (AvgIpc) is 2.66. The minimum absolute atomic E-state index is 0.0537. The van der Waals surface area contributed by atoms with Crippen LogP contribution in [0.4, 0.5) is 19.0 Å². The SMILES string of the molecule is CC(=O)N1CCN(c2nc(-c3ccc(C(F)(F)F)cc3)nc(C)c2C(C)C)CC1. The van der Waals surface area contributed by atoms with Crippen molar-refractivity contribution in [3.05, 3.63) is 41.1 Å². The molecule has 0 N–H and O–H groups in total. The van der Waals surface area contributed by atoms with Gasteiger partial charge < -0.3 is 9.80 Å². The molecule has 1 aliphatic heterocycles. The number of alkyl halides is 3. The highest BCUT2D eigenvalue weighted by atomic mass is 19.4. The molecule has 0 saturated carbocycles. The van der Waals surface area contributed by atoms with Crippen molar-refractivity contribution in [2.75, 3.05) is 31.1 Å². The van der Waals surface area contributed by atoms with E-state index in [1.54, 1.807) is 11.8 Å². The van der Waals surface area contributed by atoms with Gasteiger partial charge in [-0.2, -0.15) is 13.2 Å². The quantitative estimate of drug-likeness (QED) is 0.764. The topological polar surface area (TPSA) is 49.3 Å². The Morgan fingerprint density at radius 2 is 1.62 bits per heavy atom. The van der Waals surface area contributed by atoms with Gasteiger partial charge in [-0.3, -0.25) is 4.79 Å². The summed E-state index contributed by atoms with van der Waals surface area (Å²) in [6, 6.07) is 4.92. The van der Waals surface area contributed by atoms with Gasteiger partial charge in [0.25, 0.3) is 0 Å². The fourth-order valence-electron chi connectivity index (χ4n) is 3.65. The van der Waals surface area contributed by atoms with Crippen LogP contribution in [0, 0.1) is 6.92 Å². The minimum atomic E-state index is -4.38. The Labute approximate surface area is 168 Å². The fraction of sp³-hybridized carbons (Fsp3) is 0.476. The van der Waals surface area contributed by atoms with Crippen molar-refractivity contribution in [2.45, 2.75) is 39.8 Å². The molecule has 3 rings (SSSR count). The molecule has 0 aliphatic carbocycles. The fourth-order valence-corrected chi connectivity index (χ4v) is 3.65. The van der Waals surface area contributed by atoms with Gasteiger partial charge in [-0.25, -0.2) is 9.97 Å². The highest BCUT2D eigenvalue weighted by molar-refractivity contribution is 5.73. The van der Waals surface area contributed by atoms with Gasteiger partial charge in [0.1, 0.15) is 5.82 Å². The lowest BCUT2D eigenvalue weighted by Gasteiger charge is -2.36. The molecule has 0 spiro atoms. The van der Waals surface area contributed by atoms with E-state index in [2.05, 4.69) is 23.7 Å². The highest BCUT2D eigenvalue weighted by Gasteiger charge is 2.30. The molecule has 5 nitrogen and oxygen atoms in total. The van der Waals surface area contributed by atoms with Crippen LogP contribution >= 0.6 is 0 Å². The van der Waals surface area contributed by atoms with Crippen LogP contribution in [0.15, 0.2) is 24.3 Å². The summed E-state index contributed by atoms with van der Waals surface area (Å²) in [5, 5.41) is 0. The first-order chi connectivity index (χ1) is 13.6. The Hall–Kier alpha value is -2.64. The standard InChI is InChI=1S/C21H25F3N4O/c1-13(2)18-14(3)25-19(16-5-7-17(8-6-16)21(22,23)24)26-20(18)28-11-9-27(10-12-28)15(4)29/h5-8,13H,9-12H2,1-4H3. The molecule has 29 heavy (non-hydrogen) atoms. The van der Waals surface area contributed by atoms with Crippen molar-refractivity contribution in [3.63, 3.8) is 0 Å². The molecule has 0 radical (unpaired) electrons. The van der Waals surface area contributed by atoms with E-state index in [1.165, 1.54) is 12.1 Å². The summed E-state index contributed by atoms with van der Waals surface area (Å²) in [6.07, 6.45) is -4.38. The van der Waals surface area contributed by atoms with Crippen LogP contribution in [0.25, 0.3) is 11.4 Å². The first-order valence-corrected chi connectivity index (χ1v) is 9.64. The summed E-state index contributed by atoms with van der Waals surface area (Å²) in [5.41, 5.74) is 1.68. The molecular formula is C21H25F3N4O. The van der Waals surface area contributed by atoms with Gasteiger partial charge in [0, 0.05) is 49.9 Å². The van der Waals surface area contributed by atoms with Crippen LogP contribution in [-0.4, -0.2) is 47.0 Å². The molecule has 8 heteroatoms. The predicted octanol–water partition coefficient (Wildman–Crippen LogP) is 4.26. The average molecular weight is 406 g/mol. The lowest BCUT2D eigenvalue weighted by atomic mass is 10.0. The number of nitrogens with zero attached hydrogens (tertiary/aromatic N) is 4. The number of aromatic nitrogens is 2. The van der Waals surface area contributed by atoms with E-state index in [0.717, 1.165) is 29.2 Å². The van der Waals surface area contributed by atoms with Crippen LogP contribution < -0.4 is 4.90 Å². The number of carbonyl (C=O) groups is 1. The van der Waals surface area contributed by atoms with Crippen molar-refractivity contribution in [1.82, 2.24) is 14.9 Å². The summed E-state index contributed by atoms with van der Waals surface area (Å²) in [4.78, 5) is 24.9. The monoisotopic (exact) mass is 406 g/mol. The van der Waals surface area contributed by atoms with Crippen LogP contribution in [0.1, 0.15) is 43.5 Å². The first-order valence-electron chi connectivity index (χ1n) is 9.64. The lowest BCUT2D eigenvalue weighted by molar-refractivity contribution is -0.137. The maximum atomic E-state index is 12.9. The molecule has 0 bridgehead atoms. The molecule has 1 aromatic carbocycles. The molecule has 2 heterocycles. The maximum absolute atomic E-state index is 12.9. The van der Waals surface area contributed by atoms with Crippen LogP contribution in [0.5, 0.6) is 0 Å². The smallest absolute Gasteiger partial charge is 0.353 e. The minimum Gasteiger partial charge on any atom is -0.353 e. The Morgan fingerprint density at radius 3 is 2.10 bits per heavy atom. The first kappa shape index (κ1) is 21.1. The third kappa shape index (κ3) is 4.52. The van der Waals surface area contributed by atoms with E-state index in [9.17, 15) is 18.0 Å². The summed E-state index contributed by atoms with van der Waals surface area (Å²) < 4.78 is 38.6. The van der Waals surface area contributed by atoms with Gasteiger partial charge in [0.05, 0.1) is 5.56 Å². The zero-order valence-electron chi connectivity index (χ0n) is 17.0. The molecule has 1 saturated heterocycles. The highest BCUT2D eigenvalue weighted by Crippen LogP contribution is 2.33. The van der Waals surface area contributed by atoms with E-state index in [1.807, 2.05) is 6.92 Å². The normalized spacial score (nSPS) is 15.2. The Morgan fingerprint density at radius 1 is 1.03 bits per heavy atom. The molecule has 0 unspecified atom stereocenters. The molecule has 0 atom stereocenters. The predicted molar refractivity (Wildman–Crippen MR) is 106 cm³/mol. The number of aryl methyl sites for hydroxylation is 1. The molecular weight excluding hydrogens is 381 g/mol. The molecule has 1 amide bonds. The number of hydrogen-bond donors (Lipinski definition) is 0. The number of rotatable bonds is 3. The van der Waals surface area contributed by atoms with Crippen molar-refractivity contribution in [2.24, 2.45) is 0 Å². The third-order valence-corrected chi connectivity index (χ3v) is 5.19. The largest absolute Gasteiger partial charge is 0.416 e. The van der Waals surface area contributed by atoms with E-state index < -0.39 is 11.7 Å². The summed E-state index contributed by atoms with van der Waals surface area (Å²) >= 11 is 0. The second-order valence-electron chi connectivity index (χ2n) is 7.59. The van der Waals surface area contributed by atoms with E-state index in [0.29, 0.717) is 37.6 Å². The molecule has 156 valence electrons. The van der Waals surface area contributed by atoms with Crippen molar-refractivity contribution in [1.29, 1.82) is 0 Å². The Kier molecular flexibility index (Phi) is 5.82. The summed E-state index contributed by atoms with van der Waals surface area (Å²) in [7, 11) is 0. The number of carbonyl (C=O) groups excluding carboxylic acids is 1. The number of anilines is 1. The molecule has 1 aromatic heterocycles. The van der Waals surface area contributed by atoms with Gasteiger partial charge in [-0.05, 0) is 25.0 Å². The molecule has 1 aliphatic rings. The zero-order valence-corrected chi connectivity index (χ0v) is 17.0. The number of amides is 1. The van der Waals surface area contributed by atoms with E-state index in [4.69, 9.17) is 4.98 Å². The number of halogens is 3. The summed E-state index contributed by atoms with van der Waals surface area (Å²) in [5.74, 6) is 1.45. The second-order valence-corrected chi connectivity index (χ2v) is 7.59. The lowest BCUT2D eigenvalue weighted by Crippen LogP contribution is -2.48. The maximum Gasteiger partial charge on any atom is 0.416 e. The van der Waals surface area contributed by atoms with Crippen molar-refractivity contribution >= 4 is 11.7 Å². The third-order valence-electron chi connectivity index (χ3n) is 5.19. The Balaban J connectivity index is 1.98. The Bertz CT molecular complexity index is 886. The van der Waals surface area contributed by atoms with Gasteiger partial charge in [0.2, 0.25) is 5.91 Å². The van der Waals surface area contributed by atoms with Crippen LogP contribution in [0.2, 0.25) is 0 Å². The number of piperazine rings is 1. The van der Waals surface area contributed by atoms with Gasteiger partial charge in [-0.15, -0.1) is 0 Å². The van der Waals surface area contributed by atoms with Gasteiger partial charge >= 0.3 is 6.18 Å². The molecule has 2 aromatic rings. The molecule has 1 fully saturated rings. The van der Waals surface area contributed by atoms with Crippen LogP contribution in [0.3, 0.4) is 0 Å². The second kappa shape index (κ2) is 8.00. The summed E-state index contributed by atoms with van der Waals surface area (Å²) in [6.45, 7) is 10.1. The zero-order chi connectivity index (χ0) is 21.3. The van der Waals surface area contributed by atoms with Crippen molar-refractivity contribution in [3.8, 4) is 11.4 Å². The van der Waals surface area contributed by atoms with Gasteiger partial charge in [0.15, 0.2) is 5.82 Å².